The maximum Gasteiger partial charge on any atom is 0.317 e. The Morgan fingerprint density at radius 1 is 1.04 bits per heavy atom. The van der Waals surface area contributed by atoms with Crippen LogP contribution in [-0.2, 0) is 4.79 Å². The SMILES string of the molecule is CN1CCC(CN(C)C(=O)NCCC(=O)N2CCCCCC2)CC1. The normalized spacial score (nSPS) is 20.5. The van der Waals surface area contributed by atoms with Gasteiger partial charge in [0.25, 0.3) is 0 Å². The van der Waals surface area contributed by atoms with Crippen molar-refractivity contribution in [2.24, 2.45) is 5.92 Å². The first-order chi connectivity index (χ1) is 11.6. The van der Waals surface area contributed by atoms with E-state index in [1.165, 1.54) is 12.8 Å². The van der Waals surface area contributed by atoms with E-state index in [0.29, 0.717) is 18.9 Å². The average Bonchev–Trinajstić information content (AvgIpc) is 2.86. The summed E-state index contributed by atoms with van der Waals surface area (Å²) in [5.41, 5.74) is 0. The van der Waals surface area contributed by atoms with E-state index >= 15 is 0 Å². The number of rotatable bonds is 5. The second-order valence-electron chi connectivity index (χ2n) is 7.40. The number of carbonyl (C=O) groups is 2. The van der Waals surface area contributed by atoms with Crippen molar-refractivity contribution in [3.05, 3.63) is 0 Å². The van der Waals surface area contributed by atoms with Gasteiger partial charge in [0, 0.05) is 39.6 Å². The first-order valence-corrected chi connectivity index (χ1v) is 9.51. The lowest BCUT2D eigenvalue weighted by molar-refractivity contribution is -0.131. The van der Waals surface area contributed by atoms with Crippen molar-refractivity contribution < 1.29 is 9.59 Å². The van der Waals surface area contributed by atoms with E-state index in [2.05, 4.69) is 17.3 Å². The zero-order valence-electron chi connectivity index (χ0n) is 15.4. The monoisotopic (exact) mass is 338 g/mol. The Morgan fingerprint density at radius 3 is 2.29 bits per heavy atom. The van der Waals surface area contributed by atoms with Crippen molar-refractivity contribution in [1.82, 2.24) is 20.0 Å². The van der Waals surface area contributed by atoms with Crippen molar-refractivity contribution >= 4 is 11.9 Å². The van der Waals surface area contributed by atoms with Gasteiger partial charge in [-0.2, -0.15) is 0 Å². The van der Waals surface area contributed by atoms with Crippen LogP contribution in [0.1, 0.15) is 44.9 Å². The lowest BCUT2D eigenvalue weighted by atomic mass is 9.97. The Morgan fingerprint density at radius 2 is 1.67 bits per heavy atom. The fourth-order valence-electron chi connectivity index (χ4n) is 3.60. The number of amides is 3. The summed E-state index contributed by atoms with van der Waals surface area (Å²) < 4.78 is 0. The zero-order chi connectivity index (χ0) is 17.4. The molecular formula is C18H34N4O2. The van der Waals surface area contributed by atoms with Crippen LogP contribution in [-0.4, -0.2) is 80.0 Å². The van der Waals surface area contributed by atoms with E-state index in [4.69, 9.17) is 0 Å². The molecule has 24 heavy (non-hydrogen) atoms. The number of urea groups is 1. The van der Waals surface area contributed by atoms with Crippen LogP contribution in [0.25, 0.3) is 0 Å². The lowest BCUT2D eigenvalue weighted by Gasteiger charge is -2.31. The average molecular weight is 338 g/mol. The van der Waals surface area contributed by atoms with Gasteiger partial charge in [-0.05, 0) is 51.7 Å². The van der Waals surface area contributed by atoms with Crippen molar-refractivity contribution in [3.63, 3.8) is 0 Å². The van der Waals surface area contributed by atoms with E-state index in [1.54, 1.807) is 4.90 Å². The van der Waals surface area contributed by atoms with Gasteiger partial charge in [-0.1, -0.05) is 12.8 Å². The summed E-state index contributed by atoms with van der Waals surface area (Å²) >= 11 is 0. The molecule has 0 aromatic carbocycles. The molecule has 6 heteroatoms. The summed E-state index contributed by atoms with van der Waals surface area (Å²) in [6, 6.07) is -0.0578. The van der Waals surface area contributed by atoms with Crippen molar-refractivity contribution in [1.29, 1.82) is 0 Å². The molecule has 0 saturated carbocycles. The van der Waals surface area contributed by atoms with E-state index in [1.807, 2.05) is 11.9 Å². The first-order valence-electron chi connectivity index (χ1n) is 9.51. The van der Waals surface area contributed by atoms with Crippen LogP contribution in [0.15, 0.2) is 0 Å². The Bertz CT molecular complexity index is 400. The standard InChI is InChI=1S/C18H34N4O2/c1-20-13-8-16(9-14-20)15-21(2)18(24)19-10-7-17(23)22-11-5-3-4-6-12-22/h16H,3-15H2,1-2H3,(H,19,24). The molecule has 3 amide bonds. The number of likely N-dealkylation sites (tertiary alicyclic amines) is 2. The topological polar surface area (TPSA) is 55.9 Å². The highest BCUT2D eigenvalue weighted by molar-refractivity contribution is 5.78. The molecule has 0 atom stereocenters. The van der Waals surface area contributed by atoms with Crippen molar-refractivity contribution in [2.45, 2.75) is 44.9 Å². The lowest BCUT2D eigenvalue weighted by Crippen LogP contribution is -2.43. The predicted molar refractivity (Wildman–Crippen MR) is 95.9 cm³/mol. The fourth-order valence-corrected chi connectivity index (χ4v) is 3.60. The zero-order valence-corrected chi connectivity index (χ0v) is 15.4. The summed E-state index contributed by atoms with van der Waals surface area (Å²) in [5.74, 6) is 0.769. The minimum Gasteiger partial charge on any atom is -0.343 e. The van der Waals surface area contributed by atoms with Crippen LogP contribution < -0.4 is 5.32 Å². The molecule has 138 valence electrons. The van der Waals surface area contributed by atoms with Crippen LogP contribution in [0.5, 0.6) is 0 Å². The van der Waals surface area contributed by atoms with Crippen molar-refractivity contribution in [3.8, 4) is 0 Å². The maximum absolute atomic E-state index is 12.2. The van der Waals surface area contributed by atoms with Crippen LogP contribution >= 0.6 is 0 Å². The molecule has 0 aromatic heterocycles. The molecule has 2 fully saturated rings. The molecule has 2 aliphatic rings. The van der Waals surface area contributed by atoms with Crippen LogP contribution in [0.4, 0.5) is 4.79 Å². The third-order valence-electron chi connectivity index (χ3n) is 5.29. The van der Waals surface area contributed by atoms with Crippen LogP contribution in [0.2, 0.25) is 0 Å². The molecule has 1 N–H and O–H groups in total. The third kappa shape index (κ3) is 6.30. The third-order valence-corrected chi connectivity index (χ3v) is 5.29. The van der Waals surface area contributed by atoms with E-state index in [0.717, 1.165) is 58.4 Å². The van der Waals surface area contributed by atoms with Gasteiger partial charge in [-0.25, -0.2) is 4.79 Å². The fraction of sp³-hybridized carbons (Fsp3) is 0.889. The van der Waals surface area contributed by atoms with E-state index < -0.39 is 0 Å². The van der Waals surface area contributed by atoms with Crippen molar-refractivity contribution in [2.75, 3.05) is 53.4 Å². The van der Waals surface area contributed by atoms with E-state index in [-0.39, 0.29) is 11.9 Å². The van der Waals surface area contributed by atoms with E-state index in [9.17, 15) is 9.59 Å². The summed E-state index contributed by atoms with van der Waals surface area (Å²) in [6.07, 6.45) is 7.39. The summed E-state index contributed by atoms with van der Waals surface area (Å²) in [5, 5.41) is 2.90. The molecule has 0 aliphatic carbocycles. The number of carbonyl (C=O) groups excluding carboxylic acids is 2. The number of nitrogens with one attached hydrogen (secondary N) is 1. The smallest absolute Gasteiger partial charge is 0.317 e. The van der Waals surface area contributed by atoms with Gasteiger partial charge in [0.2, 0.25) is 5.91 Å². The Balaban J connectivity index is 1.62. The summed E-state index contributed by atoms with van der Waals surface area (Å²) in [4.78, 5) is 30.4. The Kier molecular flexibility index (Phi) is 7.82. The molecular weight excluding hydrogens is 304 g/mol. The summed E-state index contributed by atoms with van der Waals surface area (Å²) in [7, 11) is 4.00. The maximum atomic E-state index is 12.2. The molecule has 2 heterocycles. The van der Waals surface area contributed by atoms with Crippen LogP contribution in [0.3, 0.4) is 0 Å². The molecule has 0 bridgehead atoms. The molecule has 2 aliphatic heterocycles. The second-order valence-corrected chi connectivity index (χ2v) is 7.40. The molecule has 0 spiro atoms. The van der Waals surface area contributed by atoms with Gasteiger partial charge in [-0.15, -0.1) is 0 Å². The Hall–Kier alpha value is -1.30. The second kappa shape index (κ2) is 9.87. The molecule has 0 radical (unpaired) electrons. The quantitative estimate of drug-likeness (QED) is 0.831. The molecule has 0 aromatic rings. The van der Waals surface area contributed by atoms with Gasteiger partial charge < -0.3 is 20.0 Å². The molecule has 6 nitrogen and oxygen atoms in total. The highest BCUT2D eigenvalue weighted by Gasteiger charge is 2.20. The highest BCUT2D eigenvalue weighted by Crippen LogP contribution is 2.16. The Labute approximate surface area is 146 Å². The highest BCUT2D eigenvalue weighted by atomic mass is 16.2. The molecule has 2 rings (SSSR count). The number of nitrogens with zero attached hydrogens (tertiary/aromatic N) is 3. The minimum absolute atomic E-state index is 0.0578. The number of hydrogen-bond donors (Lipinski definition) is 1. The minimum atomic E-state index is -0.0578. The van der Waals surface area contributed by atoms with Gasteiger partial charge in [-0.3, -0.25) is 4.79 Å². The van der Waals surface area contributed by atoms with Gasteiger partial charge in [0.1, 0.15) is 0 Å². The van der Waals surface area contributed by atoms with Gasteiger partial charge in [0.05, 0.1) is 0 Å². The summed E-state index contributed by atoms with van der Waals surface area (Å²) in [6.45, 7) is 5.23. The predicted octanol–water partition coefficient (Wildman–Crippen LogP) is 1.76. The number of piperidine rings is 1. The number of hydrogen-bond acceptors (Lipinski definition) is 3. The first kappa shape index (κ1) is 19.0. The van der Waals surface area contributed by atoms with Crippen LogP contribution in [0, 0.1) is 5.92 Å². The molecule has 2 saturated heterocycles. The van der Waals surface area contributed by atoms with Gasteiger partial charge >= 0.3 is 6.03 Å². The van der Waals surface area contributed by atoms with Gasteiger partial charge in [0.15, 0.2) is 0 Å². The largest absolute Gasteiger partial charge is 0.343 e. The molecule has 0 unspecified atom stereocenters.